The fraction of sp³-hybridized carbons (Fsp3) is 0.538. The van der Waals surface area contributed by atoms with Crippen molar-refractivity contribution in [3.05, 3.63) is 35.6 Å². The summed E-state index contributed by atoms with van der Waals surface area (Å²) in [5, 5.41) is 0. The molecule has 6 heteroatoms. The average molecular weight is 286 g/mol. The topological polar surface area (TPSA) is 40.6 Å². The van der Waals surface area contributed by atoms with Crippen LogP contribution in [0.15, 0.2) is 24.3 Å². The fourth-order valence-electron chi connectivity index (χ4n) is 2.51. The van der Waals surface area contributed by atoms with Gasteiger partial charge in [0.05, 0.1) is 0 Å². The van der Waals surface area contributed by atoms with E-state index in [1.807, 2.05) is 6.92 Å². The molecule has 2 rings (SSSR count). The van der Waals surface area contributed by atoms with Crippen LogP contribution in [0.3, 0.4) is 0 Å². The van der Waals surface area contributed by atoms with Crippen molar-refractivity contribution in [2.24, 2.45) is 0 Å². The SMILES string of the molecule is C[C@@H]1C[C@@H](c2ccc(F)cc2)CN1S(=O)(=O)N(C)C. The van der Waals surface area contributed by atoms with E-state index in [1.54, 1.807) is 12.1 Å². The van der Waals surface area contributed by atoms with E-state index in [4.69, 9.17) is 0 Å². The lowest BCUT2D eigenvalue weighted by Gasteiger charge is -2.24. The van der Waals surface area contributed by atoms with Gasteiger partial charge in [0.15, 0.2) is 0 Å². The van der Waals surface area contributed by atoms with Gasteiger partial charge in [-0.1, -0.05) is 12.1 Å². The van der Waals surface area contributed by atoms with Crippen LogP contribution in [0.2, 0.25) is 0 Å². The number of rotatable bonds is 3. The quantitative estimate of drug-likeness (QED) is 0.850. The van der Waals surface area contributed by atoms with Crippen molar-refractivity contribution < 1.29 is 12.8 Å². The second kappa shape index (κ2) is 5.19. The molecule has 19 heavy (non-hydrogen) atoms. The van der Waals surface area contributed by atoms with Crippen LogP contribution in [-0.2, 0) is 10.2 Å². The monoisotopic (exact) mass is 286 g/mol. The van der Waals surface area contributed by atoms with Gasteiger partial charge in [-0.15, -0.1) is 0 Å². The van der Waals surface area contributed by atoms with Gasteiger partial charge >= 0.3 is 0 Å². The number of benzene rings is 1. The van der Waals surface area contributed by atoms with Crippen molar-refractivity contribution in [1.29, 1.82) is 0 Å². The van der Waals surface area contributed by atoms with E-state index in [9.17, 15) is 12.8 Å². The molecule has 0 bridgehead atoms. The highest BCUT2D eigenvalue weighted by molar-refractivity contribution is 7.86. The minimum atomic E-state index is -3.38. The molecule has 0 aromatic heterocycles. The minimum absolute atomic E-state index is 0.0394. The van der Waals surface area contributed by atoms with Gasteiger partial charge in [-0.05, 0) is 37.0 Å². The Morgan fingerprint density at radius 2 is 1.84 bits per heavy atom. The van der Waals surface area contributed by atoms with E-state index in [1.165, 1.54) is 34.8 Å². The molecule has 1 saturated heterocycles. The fourth-order valence-corrected chi connectivity index (χ4v) is 3.84. The van der Waals surface area contributed by atoms with Crippen molar-refractivity contribution >= 4 is 10.2 Å². The Labute approximate surface area is 114 Å². The third-order valence-electron chi connectivity index (χ3n) is 3.62. The molecule has 1 aromatic carbocycles. The van der Waals surface area contributed by atoms with Crippen molar-refractivity contribution in [1.82, 2.24) is 8.61 Å². The van der Waals surface area contributed by atoms with E-state index in [0.29, 0.717) is 6.54 Å². The molecule has 0 spiro atoms. The van der Waals surface area contributed by atoms with Crippen molar-refractivity contribution in [3.8, 4) is 0 Å². The molecule has 0 unspecified atom stereocenters. The van der Waals surface area contributed by atoms with E-state index >= 15 is 0 Å². The van der Waals surface area contributed by atoms with Gasteiger partial charge in [-0.2, -0.15) is 17.0 Å². The molecule has 1 aliphatic rings. The molecule has 2 atom stereocenters. The number of nitrogens with zero attached hydrogens (tertiary/aromatic N) is 2. The van der Waals surface area contributed by atoms with Gasteiger partial charge < -0.3 is 0 Å². The number of hydrogen-bond acceptors (Lipinski definition) is 2. The number of halogens is 1. The second-order valence-corrected chi connectivity index (χ2v) is 7.29. The van der Waals surface area contributed by atoms with Crippen molar-refractivity contribution in [3.63, 3.8) is 0 Å². The van der Waals surface area contributed by atoms with Gasteiger partial charge in [-0.25, -0.2) is 4.39 Å². The van der Waals surface area contributed by atoms with E-state index in [2.05, 4.69) is 0 Å². The highest BCUT2D eigenvalue weighted by Gasteiger charge is 2.38. The lowest BCUT2D eigenvalue weighted by Crippen LogP contribution is -2.41. The van der Waals surface area contributed by atoms with Crippen LogP contribution < -0.4 is 0 Å². The molecule has 1 aromatic rings. The van der Waals surface area contributed by atoms with E-state index in [0.717, 1.165) is 12.0 Å². The van der Waals surface area contributed by atoms with Crippen molar-refractivity contribution in [2.45, 2.75) is 25.3 Å². The Bertz CT molecular complexity index is 542. The molecule has 1 fully saturated rings. The summed E-state index contributed by atoms with van der Waals surface area (Å²) >= 11 is 0. The smallest absolute Gasteiger partial charge is 0.207 e. The molecule has 1 heterocycles. The maximum atomic E-state index is 12.9. The lowest BCUT2D eigenvalue weighted by molar-refractivity contribution is 0.371. The molecule has 0 aliphatic carbocycles. The van der Waals surface area contributed by atoms with E-state index < -0.39 is 10.2 Å². The third kappa shape index (κ3) is 2.80. The average Bonchev–Trinajstić information content (AvgIpc) is 2.72. The van der Waals surface area contributed by atoms with Crippen LogP contribution in [0.4, 0.5) is 4.39 Å². The Balaban J connectivity index is 2.20. The first kappa shape index (κ1) is 14.4. The summed E-state index contributed by atoms with van der Waals surface area (Å²) in [7, 11) is -0.312. The standard InChI is InChI=1S/C13H19FN2O2S/c1-10-8-12(11-4-6-13(14)7-5-11)9-16(10)19(17,18)15(2)3/h4-7,10,12H,8-9H2,1-3H3/t10-,12-/m1/s1. The Morgan fingerprint density at radius 1 is 1.26 bits per heavy atom. The molecule has 106 valence electrons. The summed E-state index contributed by atoms with van der Waals surface area (Å²) in [5.41, 5.74) is 0.990. The second-order valence-electron chi connectivity index (χ2n) is 5.19. The summed E-state index contributed by atoms with van der Waals surface area (Å²) in [4.78, 5) is 0. The highest BCUT2D eigenvalue weighted by Crippen LogP contribution is 2.33. The van der Waals surface area contributed by atoms with Gasteiger partial charge in [0.25, 0.3) is 10.2 Å². The minimum Gasteiger partial charge on any atom is -0.207 e. The van der Waals surface area contributed by atoms with Crippen LogP contribution in [0.1, 0.15) is 24.8 Å². The summed E-state index contributed by atoms with van der Waals surface area (Å²) in [6, 6.07) is 6.27. The van der Waals surface area contributed by atoms with Crippen LogP contribution in [-0.4, -0.2) is 43.7 Å². The Morgan fingerprint density at radius 3 is 2.37 bits per heavy atom. The number of hydrogen-bond donors (Lipinski definition) is 0. The molecule has 4 nitrogen and oxygen atoms in total. The van der Waals surface area contributed by atoms with Crippen LogP contribution in [0, 0.1) is 5.82 Å². The Hall–Kier alpha value is -0.980. The normalized spacial score (nSPS) is 25.1. The molecule has 0 saturated carbocycles. The zero-order valence-electron chi connectivity index (χ0n) is 11.4. The molecule has 0 radical (unpaired) electrons. The van der Waals surface area contributed by atoms with Crippen LogP contribution in [0.25, 0.3) is 0 Å². The highest BCUT2D eigenvalue weighted by atomic mass is 32.2. The largest absolute Gasteiger partial charge is 0.281 e. The van der Waals surface area contributed by atoms with Gasteiger partial charge in [0, 0.05) is 26.7 Å². The molecular weight excluding hydrogens is 267 g/mol. The van der Waals surface area contributed by atoms with Crippen molar-refractivity contribution in [2.75, 3.05) is 20.6 Å². The van der Waals surface area contributed by atoms with Crippen LogP contribution in [0.5, 0.6) is 0 Å². The predicted octanol–water partition coefficient (Wildman–Crippen LogP) is 1.81. The lowest BCUT2D eigenvalue weighted by atomic mass is 9.97. The summed E-state index contributed by atoms with van der Waals surface area (Å²) < 4.78 is 40.0. The molecule has 1 aliphatic heterocycles. The van der Waals surface area contributed by atoms with Crippen LogP contribution >= 0.6 is 0 Å². The first-order chi connectivity index (χ1) is 8.82. The van der Waals surface area contributed by atoms with Gasteiger partial charge in [0.1, 0.15) is 5.82 Å². The maximum absolute atomic E-state index is 12.9. The first-order valence-electron chi connectivity index (χ1n) is 6.27. The summed E-state index contributed by atoms with van der Waals surface area (Å²) in [6.07, 6.45) is 0.763. The summed E-state index contributed by atoms with van der Waals surface area (Å²) in [5.74, 6) is -0.141. The summed E-state index contributed by atoms with van der Waals surface area (Å²) in [6.45, 7) is 2.36. The third-order valence-corrected chi connectivity index (χ3v) is 5.64. The molecular formula is C13H19FN2O2S. The molecule has 0 amide bonds. The van der Waals surface area contributed by atoms with E-state index in [-0.39, 0.29) is 17.8 Å². The van der Waals surface area contributed by atoms with Gasteiger partial charge in [-0.3, -0.25) is 0 Å². The Kier molecular flexibility index (Phi) is 3.94. The zero-order valence-corrected chi connectivity index (χ0v) is 12.2. The maximum Gasteiger partial charge on any atom is 0.281 e. The van der Waals surface area contributed by atoms with Gasteiger partial charge in [0.2, 0.25) is 0 Å². The predicted molar refractivity (Wildman–Crippen MR) is 72.5 cm³/mol. The molecule has 0 N–H and O–H groups in total. The zero-order chi connectivity index (χ0) is 14.2. The first-order valence-corrected chi connectivity index (χ1v) is 7.67.